The van der Waals surface area contributed by atoms with Gasteiger partial charge in [0.15, 0.2) is 0 Å². The molecule has 0 radical (unpaired) electrons. The summed E-state index contributed by atoms with van der Waals surface area (Å²) in [6.07, 6.45) is 0. The molecule has 22 heavy (non-hydrogen) atoms. The predicted octanol–water partition coefficient (Wildman–Crippen LogP) is 2.41. The van der Waals surface area contributed by atoms with E-state index in [1.54, 1.807) is 24.3 Å². The molecule has 0 saturated heterocycles. The van der Waals surface area contributed by atoms with Crippen molar-refractivity contribution in [1.82, 2.24) is 10.3 Å². The van der Waals surface area contributed by atoms with Gasteiger partial charge < -0.3 is 0 Å². The lowest BCUT2D eigenvalue weighted by atomic mass is 10.1. The molecule has 0 spiro atoms. The van der Waals surface area contributed by atoms with E-state index in [2.05, 4.69) is 0 Å². The van der Waals surface area contributed by atoms with Gasteiger partial charge in [0.05, 0.1) is 0 Å². The summed E-state index contributed by atoms with van der Waals surface area (Å²) >= 11 is 5.56. The zero-order valence-corrected chi connectivity index (χ0v) is 13.0. The number of carbonyl (C=O) groups excluding carboxylic acids is 1. The van der Waals surface area contributed by atoms with E-state index in [0.717, 1.165) is 17.7 Å². The molecule has 0 heterocycles. The highest BCUT2D eigenvalue weighted by atomic mass is 35.5. The number of hydrogen-bond donors (Lipinski definition) is 2. The van der Waals surface area contributed by atoms with Crippen molar-refractivity contribution in [2.75, 3.05) is 0 Å². The molecule has 0 aliphatic heterocycles. The van der Waals surface area contributed by atoms with E-state index in [1.807, 2.05) is 17.2 Å². The summed E-state index contributed by atoms with van der Waals surface area (Å²) in [6.45, 7) is 1.85. The average molecular weight is 343 g/mol. The fourth-order valence-electron chi connectivity index (χ4n) is 1.64. The molecule has 0 atom stereocenters. The lowest BCUT2D eigenvalue weighted by molar-refractivity contribution is 0.0945. The number of benzene rings is 2. The SMILES string of the molecule is Cc1ccc(C(=O)NNS(=O)(=O)c2ccc(Cl)cc2F)cc1. The molecule has 116 valence electrons. The number of hydrazine groups is 1. The maximum absolute atomic E-state index is 13.6. The third kappa shape index (κ3) is 3.82. The Labute approximate surface area is 132 Å². The number of rotatable bonds is 4. The number of hydrogen-bond acceptors (Lipinski definition) is 3. The predicted molar refractivity (Wildman–Crippen MR) is 80.4 cm³/mol. The summed E-state index contributed by atoms with van der Waals surface area (Å²) in [5.41, 5.74) is 3.25. The molecule has 0 bridgehead atoms. The fourth-order valence-corrected chi connectivity index (χ4v) is 2.70. The average Bonchev–Trinajstić information content (AvgIpc) is 2.45. The van der Waals surface area contributed by atoms with Crippen molar-refractivity contribution in [2.24, 2.45) is 0 Å². The second-order valence-corrected chi connectivity index (χ2v) is 6.59. The zero-order valence-electron chi connectivity index (χ0n) is 11.4. The van der Waals surface area contributed by atoms with E-state index in [9.17, 15) is 17.6 Å². The van der Waals surface area contributed by atoms with Crippen molar-refractivity contribution in [3.05, 3.63) is 64.4 Å². The highest BCUT2D eigenvalue weighted by Gasteiger charge is 2.20. The van der Waals surface area contributed by atoms with Crippen LogP contribution in [0.1, 0.15) is 15.9 Å². The van der Waals surface area contributed by atoms with E-state index >= 15 is 0 Å². The van der Waals surface area contributed by atoms with Gasteiger partial charge in [0.1, 0.15) is 10.7 Å². The van der Waals surface area contributed by atoms with Crippen molar-refractivity contribution in [3.8, 4) is 0 Å². The number of aryl methyl sites for hydroxylation is 1. The van der Waals surface area contributed by atoms with Crippen LogP contribution in [0, 0.1) is 12.7 Å². The molecule has 2 aromatic rings. The van der Waals surface area contributed by atoms with Crippen LogP contribution in [0.5, 0.6) is 0 Å². The summed E-state index contributed by atoms with van der Waals surface area (Å²) in [5, 5.41) is 0.0696. The van der Waals surface area contributed by atoms with Crippen molar-refractivity contribution in [2.45, 2.75) is 11.8 Å². The van der Waals surface area contributed by atoms with Crippen LogP contribution in [0.2, 0.25) is 5.02 Å². The Bertz CT molecular complexity index is 807. The molecule has 2 rings (SSSR count). The van der Waals surface area contributed by atoms with Crippen LogP contribution in [-0.4, -0.2) is 14.3 Å². The van der Waals surface area contributed by atoms with Gasteiger partial charge in [-0.25, -0.2) is 12.8 Å². The van der Waals surface area contributed by atoms with Gasteiger partial charge in [-0.15, -0.1) is 4.83 Å². The first-order chi connectivity index (χ1) is 10.3. The molecule has 0 aliphatic rings. The quantitative estimate of drug-likeness (QED) is 0.838. The molecule has 0 aromatic heterocycles. The first-order valence-corrected chi connectivity index (χ1v) is 7.99. The number of amides is 1. The van der Waals surface area contributed by atoms with Gasteiger partial charge in [-0.3, -0.25) is 10.2 Å². The molecular weight excluding hydrogens is 331 g/mol. The van der Waals surface area contributed by atoms with Crippen molar-refractivity contribution < 1.29 is 17.6 Å². The zero-order chi connectivity index (χ0) is 16.3. The summed E-state index contributed by atoms with van der Waals surface area (Å²) < 4.78 is 37.5. The van der Waals surface area contributed by atoms with E-state index in [4.69, 9.17) is 11.6 Å². The Balaban J connectivity index is 2.12. The van der Waals surface area contributed by atoms with E-state index in [0.29, 0.717) is 0 Å². The van der Waals surface area contributed by atoms with Gasteiger partial charge in [0, 0.05) is 10.6 Å². The van der Waals surface area contributed by atoms with Gasteiger partial charge in [0.25, 0.3) is 15.9 Å². The lowest BCUT2D eigenvalue weighted by Gasteiger charge is -2.09. The molecule has 1 amide bonds. The largest absolute Gasteiger partial charge is 0.273 e. The third-order valence-corrected chi connectivity index (χ3v) is 4.31. The number of sulfonamides is 1. The minimum atomic E-state index is -4.23. The van der Waals surface area contributed by atoms with E-state index < -0.39 is 26.6 Å². The molecule has 8 heteroatoms. The lowest BCUT2D eigenvalue weighted by Crippen LogP contribution is -2.41. The summed E-state index contributed by atoms with van der Waals surface area (Å²) in [4.78, 5) is 13.0. The fraction of sp³-hybridized carbons (Fsp3) is 0.0714. The normalized spacial score (nSPS) is 11.2. The topological polar surface area (TPSA) is 75.3 Å². The summed E-state index contributed by atoms with van der Waals surface area (Å²) in [6, 6.07) is 9.63. The maximum Gasteiger partial charge on any atom is 0.266 e. The standard InChI is InChI=1S/C14H12ClFN2O3S/c1-9-2-4-10(5-3-9)14(19)17-18-22(20,21)13-7-6-11(15)8-12(13)16/h2-8,18H,1H3,(H,17,19). The first kappa shape index (κ1) is 16.4. The minimum absolute atomic E-state index is 0.0696. The highest BCUT2D eigenvalue weighted by Crippen LogP contribution is 2.18. The van der Waals surface area contributed by atoms with Gasteiger partial charge in [0.2, 0.25) is 0 Å². The van der Waals surface area contributed by atoms with Crippen molar-refractivity contribution in [3.63, 3.8) is 0 Å². The Hall–Kier alpha value is -1.96. The Morgan fingerprint density at radius 2 is 1.77 bits per heavy atom. The van der Waals surface area contributed by atoms with Crippen LogP contribution in [0.3, 0.4) is 0 Å². The maximum atomic E-state index is 13.6. The second-order valence-electron chi connectivity index (χ2n) is 4.50. The Morgan fingerprint density at radius 3 is 2.36 bits per heavy atom. The molecule has 0 saturated carbocycles. The van der Waals surface area contributed by atoms with Crippen LogP contribution in [0.25, 0.3) is 0 Å². The van der Waals surface area contributed by atoms with Crippen LogP contribution in [-0.2, 0) is 10.0 Å². The number of nitrogens with one attached hydrogen (secondary N) is 2. The molecule has 0 unspecified atom stereocenters. The van der Waals surface area contributed by atoms with Gasteiger partial charge in [-0.05, 0) is 37.3 Å². The minimum Gasteiger partial charge on any atom is -0.273 e. The second kappa shape index (κ2) is 6.43. The van der Waals surface area contributed by atoms with E-state index in [-0.39, 0.29) is 10.6 Å². The molecule has 0 aliphatic carbocycles. The van der Waals surface area contributed by atoms with E-state index in [1.165, 1.54) is 6.07 Å². The van der Waals surface area contributed by atoms with Gasteiger partial charge in [-0.2, -0.15) is 0 Å². The number of halogens is 2. The molecule has 2 aromatic carbocycles. The van der Waals surface area contributed by atoms with Gasteiger partial charge in [-0.1, -0.05) is 29.3 Å². The molecular formula is C14H12ClFN2O3S. The van der Waals surface area contributed by atoms with Crippen molar-refractivity contribution in [1.29, 1.82) is 0 Å². The summed E-state index contributed by atoms with van der Waals surface area (Å²) in [5.74, 6) is -1.66. The van der Waals surface area contributed by atoms with Gasteiger partial charge >= 0.3 is 0 Å². The molecule has 0 fully saturated rings. The highest BCUT2D eigenvalue weighted by molar-refractivity contribution is 7.89. The smallest absolute Gasteiger partial charge is 0.266 e. The Kier molecular flexibility index (Phi) is 4.80. The van der Waals surface area contributed by atoms with Crippen LogP contribution in [0.4, 0.5) is 4.39 Å². The molecule has 2 N–H and O–H groups in total. The Morgan fingerprint density at radius 1 is 1.14 bits per heavy atom. The van der Waals surface area contributed by atoms with Crippen LogP contribution < -0.4 is 10.3 Å². The third-order valence-electron chi connectivity index (χ3n) is 2.80. The first-order valence-electron chi connectivity index (χ1n) is 6.13. The monoisotopic (exact) mass is 342 g/mol. The number of carbonyl (C=O) groups is 1. The van der Waals surface area contributed by atoms with Crippen molar-refractivity contribution >= 4 is 27.5 Å². The molecule has 5 nitrogen and oxygen atoms in total. The van der Waals surface area contributed by atoms with Crippen LogP contribution >= 0.6 is 11.6 Å². The summed E-state index contributed by atoms with van der Waals surface area (Å²) in [7, 11) is -4.23. The van der Waals surface area contributed by atoms with Crippen LogP contribution in [0.15, 0.2) is 47.4 Å².